The largest absolute Gasteiger partial charge is 0.384 e. The lowest BCUT2D eigenvalue weighted by Crippen LogP contribution is -2.49. The van der Waals surface area contributed by atoms with Crippen LogP contribution in [-0.2, 0) is 14.8 Å². The van der Waals surface area contributed by atoms with Gasteiger partial charge >= 0.3 is 0 Å². The lowest BCUT2D eigenvalue weighted by atomic mass is 9.97. The van der Waals surface area contributed by atoms with E-state index in [1.54, 1.807) is 0 Å². The molecule has 1 rings (SSSR count). The van der Waals surface area contributed by atoms with Crippen LogP contribution < -0.4 is 10.0 Å². The third-order valence-corrected chi connectivity index (χ3v) is 4.04. The van der Waals surface area contributed by atoms with Crippen molar-refractivity contribution in [2.45, 2.75) is 19.4 Å². The quantitative estimate of drug-likeness (QED) is 0.678. The van der Waals surface area contributed by atoms with Crippen LogP contribution in [0.15, 0.2) is 0 Å². The molecule has 0 aromatic heterocycles. The van der Waals surface area contributed by atoms with E-state index in [0.29, 0.717) is 5.92 Å². The molecule has 0 aromatic rings. The Bertz CT molecular complexity index is 279. The van der Waals surface area contributed by atoms with Crippen molar-refractivity contribution in [3.05, 3.63) is 0 Å². The summed E-state index contributed by atoms with van der Waals surface area (Å²) in [5.74, 6) is 0.385. The summed E-state index contributed by atoms with van der Waals surface area (Å²) in [5, 5.41) is 3.23. The first kappa shape index (κ1) is 12.9. The minimum atomic E-state index is -3.18. The van der Waals surface area contributed by atoms with Crippen LogP contribution >= 0.6 is 0 Å². The number of nitrogens with one attached hydrogen (secondary N) is 2. The van der Waals surface area contributed by atoms with Crippen molar-refractivity contribution in [3.8, 4) is 0 Å². The van der Waals surface area contributed by atoms with E-state index in [0.717, 1.165) is 19.5 Å². The van der Waals surface area contributed by atoms with Gasteiger partial charge in [0, 0.05) is 13.2 Å². The van der Waals surface area contributed by atoms with Gasteiger partial charge in [-0.05, 0) is 25.4 Å². The van der Waals surface area contributed by atoms with E-state index in [9.17, 15) is 8.42 Å². The highest BCUT2D eigenvalue weighted by atomic mass is 32.2. The molecule has 15 heavy (non-hydrogen) atoms. The third-order valence-electron chi connectivity index (χ3n) is 2.67. The SMILES string of the molecule is COCCS(=O)(=O)NC1CCNCC1C. The first-order valence-corrected chi connectivity index (χ1v) is 6.90. The van der Waals surface area contributed by atoms with Crippen molar-refractivity contribution in [2.75, 3.05) is 32.6 Å². The predicted octanol–water partition coefficient (Wildman–Crippen LogP) is -0.450. The Balaban J connectivity index is 2.44. The molecule has 1 fully saturated rings. The third kappa shape index (κ3) is 4.46. The number of sulfonamides is 1. The van der Waals surface area contributed by atoms with Gasteiger partial charge in [-0.1, -0.05) is 6.92 Å². The molecule has 0 saturated carbocycles. The van der Waals surface area contributed by atoms with Crippen molar-refractivity contribution < 1.29 is 13.2 Å². The molecule has 1 saturated heterocycles. The lowest BCUT2D eigenvalue weighted by molar-refractivity contribution is 0.216. The Kier molecular flexibility index (Phi) is 4.98. The van der Waals surface area contributed by atoms with Crippen molar-refractivity contribution in [1.29, 1.82) is 0 Å². The fourth-order valence-electron chi connectivity index (χ4n) is 1.67. The average Bonchev–Trinajstić information content (AvgIpc) is 2.18. The summed E-state index contributed by atoms with van der Waals surface area (Å²) in [5.41, 5.74) is 0. The Morgan fingerprint density at radius 2 is 2.27 bits per heavy atom. The molecule has 90 valence electrons. The molecule has 0 amide bonds. The van der Waals surface area contributed by atoms with Crippen LogP contribution in [0.4, 0.5) is 0 Å². The predicted molar refractivity (Wildman–Crippen MR) is 59.2 cm³/mol. The van der Waals surface area contributed by atoms with Gasteiger partial charge in [0.25, 0.3) is 0 Å². The topological polar surface area (TPSA) is 67.4 Å². The standard InChI is InChI=1S/C9H20N2O3S/c1-8-7-10-4-3-9(8)11-15(12,13)6-5-14-2/h8-11H,3-7H2,1-2H3. The molecule has 2 unspecified atom stereocenters. The zero-order valence-corrected chi connectivity index (χ0v) is 10.1. The smallest absolute Gasteiger partial charge is 0.214 e. The van der Waals surface area contributed by atoms with Gasteiger partial charge < -0.3 is 10.1 Å². The summed E-state index contributed by atoms with van der Waals surface area (Å²) in [4.78, 5) is 0. The summed E-state index contributed by atoms with van der Waals surface area (Å²) < 4.78 is 30.7. The second-order valence-corrected chi connectivity index (χ2v) is 5.88. The maximum Gasteiger partial charge on any atom is 0.214 e. The Labute approximate surface area is 91.6 Å². The number of hydrogen-bond donors (Lipinski definition) is 2. The fourth-order valence-corrected chi connectivity index (χ4v) is 2.99. The van der Waals surface area contributed by atoms with Crippen LogP contribution in [-0.4, -0.2) is 47.0 Å². The zero-order chi connectivity index (χ0) is 11.3. The highest BCUT2D eigenvalue weighted by molar-refractivity contribution is 7.89. The van der Waals surface area contributed by atoms with E-state index in [4.69, 9.17) is 4.74 Å². The Hall–Kier alpha value is -0.170. The molecule has 1 heterocycles. The van der Waals surface area contributed by atoms with E-state index in [-0.39, 0.29) is 18.4 Å². The summed E-state index contributed by atoms with van der Waals surface area (Å²) in [6, 6.07) is 0.0631. The first-order chi connectivity index (χ1) is 7.05. The normalized spacial score (nSPS) is 27.9. The molecule has 5 nitrogen and oxygen atoms in total. The summed E-state index contributed by atoms with van der Waals surface area (Å²) in [7, 11) is -1.68. The van der Waals surface area contributed by atoms with E-state index >= 15 is 0 Å². The van der Waals surface area contributed by atoms with Crippen LogP contribution in [0.5, 0.6) is 0 Å². The molecule has 6 heteroatoms. The molecule has 2 N–H and O–H groups in total. The van der Waals surface area contributed by atoms with Gasteiger partial charge in [0.1, 0.15) is 0 Å². The molecule has 1 aliphatic rings. The number of ether oxygens (including phenoxy) is 1. The molecule has 0 spiro atoms. The van der Waals surface area contributed by atoms with Crippen LogP contribution in [0.25, 0.3) is 0 Å². The molecular weight excluding hydrogens is 216 g/mol. The van der Waals surface area contributed by atoms with Crippen molar-refractivity contribution in [2.24, 2.45) is 5.92 Å². The molecule has 0 aromatic carbocycles. The summed E-state index contributed by atoms with van der Waals surface area (Å²) in [6.45, 7) is 4.05. The van der Waals surface area contributed by atoms with Gasteiger partial charge in [-0.25, -0.2) is 13.1 Å². The number of hydrogen-bond acceptors (Lipinski definition) is 4. The van der Waals surface area contributed by atoms with E-state index in [1.165, 1.54) is 7.11 Å². The molecule has 0 aliphatic carbocycles. The van der Waals surface area contributed by atoms with Crippen molar-refractivity contribution in [3.63, 3.8) is 0 Å². The van der Waals surface area contributed by atoms with Gasteiger partial charge in [-0.2, -0.15) is 0 Å². The summed E-state index contributed by atoms with van der Waals surface area (Å²) in [6.07, 6.45) is 0.855. The monoisotopic (exact) mass is 236 g/mol. The van der Waals surface area contributed by atoms with Gasteiger partial charge in [-0.15, -0.1) is 0 Å². The zero-order valence-electron chi connectivity index (χ0n) is 9.32. The van der Waals surface area contributed by atoms with Gasteiger partial charge in [0.05, 0.1) is 12.4 Å². The molecule has 0 bridgehead atoms. The van der Waals surface area contributed by atoms with Crippen molar-refractivity contribution in [1.82, 2.24) is 10.0 Å². The molecular formula is C9H20N2O3S. The molecule has 2 atom stereocenters. The van der Waals surface area contributed by atoms with Gasteiger partial charge in [-0.3, -0.25) is 0 Å². The minimum Gasteiger partial charge on any atom is -0.384 e. The van der Waals surface area contributed by atoms with Crippen molar-refractivity contribution >= 4 is 10.0 Å². The Morgan fingerprint density at radius 1 is 1.53 bits per heavy atom. The molecule has 0 radical (unpaired) electrons. The Morgan fingerprint density at radius 3 is 2.87 bits per heavy atom. The number of methoxy groups -OCH3 is 1. The van der Waals surface area contributed by atoms with Crippen LogP contribution in [0.1, 0.15) is 13.3 Å². The highest BCUT2D eigenvalue weighted by Crippen LogP contribution is 2.11. The number of piperidine rings is 1. The van der Waals surface area contributed by atoms with Gasteiger partial charge in [0.15, 0.2) is 0 Å². The van der Waals surface area contributed by atoms with Gasteiger partial charge in [0.2, 0.25) is 10.0 Å². The average molecular weight is 236 g/mol. The lowest BCUT2D eigenvalue weighted by Gasteiger charge is -2.29. The maximum absolute atomic E-state index is 11.6. The van der Waals surface area contributed by atoms with Crippen LogP contribution in [0.2, 0.25) is 0 Å². The maximum atomic E-state index is 11.6. The van der Waals surface area contributed by atoms with E-state index in [1.807, 2.05) is 0 Å². The fraction of sp³-hybridized carbons (Fsp3) is 1.00. The second kappa shape index (κ2) is 5.79. The highest BCUT2D eigenvalue weighted by Gasteiger charge is 2.25. The first-order valence-electron chi connectivity index (χ1n) is 5.25. The second-order valence-electron chi connectivity index (χ2n) is 4.01. The molecule has 1 aliphatic heterocycles. The summed E-state index contributed by atoms with van der Waals surface area (Å²) >= 11 is 0. The van der Waals surface area contributed by atoms with E-state index < -0.39 is 10.0 Å². The number of rotatable bonds is 5. The minimum absolute atomic E-state index is 0.0418. The van der Waals surface area contributed by atoms with Crippen LogP contribution in [0.3, 0.4) is 0 Å². The van der Waals surface area contributed by atoms with E-state index in [2.05, 4.69) is 17.0 Å². The van der Waals surface area contributed by atoms with Crippen LogP contribution in [0, 0.1) is 5.92 Å².